The standard InChI is InChI=1S/C33H58/c1-11-24-15-17-31(8)26-13-12-25-28-23(4)21(2)14-16-30(28,7)18-19-32(25,9)33(26,10)22(3)20-27(31)29(24,5)6/h21-28H,11-20H2,1-10H3. The molecule has 5 saturated carbocycles. The molecule has 0 saturated heterocycles. The maximum absolute atomic E-state index is 2.84. The van der Waals surface area contributed by atoms with Crippen molar-refractivity contribution in [2.24, 2.45) is 74.4 Å². The molecule has 33 heavy (non-hydrogen) atoms. The molecule has 12 atom stereocenters. The van der Waals surface area contributed by atoms with Gasteiger partial charge in [0.25, 0.3) is 0 Å². The zero-order valence-electron chi connectivity index (χ0n) is 24.2. The van der Waals surface area contributed by atoms with Crippen LogP contribution in [0.4, 0.5) is 0 Å². The van der Waals surface area contributed by atoms with Gasteiger partial charge >= 0.3 is 0 Å². The Morgan fingerprint density at radius 2 is 1.42 bits per heavy atom. The zero-order chi connectivity index (χ0) is 24.2. The summed E-state index contributed by atoms with van der Waals surface area (Å²) in [5.74, 6) is 7.39. The van der Waals surface area contributed by atoms with E-state index < -0.39 is 0 Å². The molecule has 0 nitrogen and oxygen atoms in total. The monoisotopic (exact) mass is 454 g/mol. The van der Waals surface area contributed by atoms with Crippen LogP contribution in [0.1, 0.15) is 133 Å². The van der Waals surface area contributed by atoms with Gasteiger partial charge in [0.1, 0.15) is 0 Å². The van der Waals surface area contributed by atoms with E-state index in [0.29, 0.717) is 27.1 Å². The minimum atomic E-state index is 0.507. The van der Waals surface area contributed by atoms with Gasteiger partial charge in [-0.15, -0.1) is 0 Å². The van der Waals surface area contributed by atoms with Crippen LogP contribution < -0.4 is 0 Å². The van der Waals surface area contributed by atoms with Gasteiger partial charge in [0.15, 0.2) is 0 Å². The molecule has 0 spiro atoms. The summed E-state index contributed by atoms with van der Waals surface area (Å²) in [5.41, 5.74) is 2.72. The van der Waals surface area contributed by atoms with Crippen molar-refractivity contribution in [3.63, 3.8) is 0 Å². The fraction of sp³-hybridized carbons (Fsp3) is 1.00. The third-order valence-corrected chi connectivity index (χ3v) is 15.3. The first-order valence-corrected chi connectivity index (χ1v) is 15.3. The second kappa shape index (κ2) is 7.51. The van der Waals surface area contributed by atoms with Crippen LogP contribution in [0.15, 0.2) is 0 Å². The Morgan fingerprint density at radius 1 is 0.727 bits per heavy atom. The van der Waals surface area contributed by atoms with Gasteiger partial charge in [0.2, 0.25) is 0 Å². The summed E-state index contributed by atoms with van der Waals surface area (Å²) in [6, 6.07) is 0. The minimum Gasteiger partial charge on any atom is -0.0651 e. The van der Waals surface area contributed by atoms with Crippen molar-refractivity contribution in [2.45, 2.75) is 133 Å². The first kappa shape index (κ1) is 24.7. The average Bonchev–Trinajstić information content (AvgIpc) is 2.74. The average molecular weight is 455 g/mol. The molecule has 0 aromatic heterocycles. The van der Waals surface area contributed by atoms with E-state index >= 15 is 0 Å². The van der Waals surface area contributed by atoms with Crippen LogP contribution in [0.3, 0.4) is 0 Å². The van der Waals surface area contributed by atoms with Crippen LogP contribution in [0, 0.1) is 74.4 Å². The molecule has 0 N–H and O–H groups in total. The van der Waals surface area contributed by atoms with Gasteiger partial charge in [-0.2, -0.15) is 0 Å². The van der Waals surface area contributed by atoms with Gasteiger partial charge in [0, 0.05) is 0 Å². The highest BCUT2D eigenvalue weighted by Gasteiger charge is 2.71. The fourth-order valence-corrected chi connectivity index (χ4v) is 12.9. The topological polar surface area (TPSA) is 0 Å². The Balaban J connectivity index is 1.56. The summed E-state index contributed by atoms with van der Waals surface area (Å²) in [6.45, 7) is 26.9. The van der Waals surface area contributed by atoms with E-state index in [1.165, 1.54) is 64.2 Å². The highest BCUT2D eigenvalue weighted by atomic mass is 14.8. The van der Waals surface area contributed by atoms with E-state index in [0.717, 1.165) is 47.3 Å². The Bertz CT molecular complexity index is 764. The smallest absolute Gasteiger partial charge is 0.0210 e. The molecule has 5 aliphatic carbocycles. The molecule has 0 heteroatoms. The van der Waals surface area contributed by atoms with Crippen LogP contribution in [-0.4, -0.2) is 0 Å². The van der Waals surface area contributed by atoms with E-state index in [9.17, 15) is 0 Å². The van der Waals surface area contributed by atoms with Gasteiger partial charge in [0.05, 0.1) is 0 Å². The van der Waals surface area contributed by atoms with Gasteiger partial charge in [-0.25, -0.2) is 0 Å². The first-order valence-electron chi connectivity index (χ1n) is 15.3. The summed E-state index contributed by atoms with van der Waals surface area (Å²) in [6.07, 6.45) is 14.9. The molecule has 190 valence electrons. The molecule has 0 aromatic carbocycles. The van der Waals surface area contributed by atoms with Gasteiger partial charge in [-0.3, -0.25) is 0 Å². The SMILES string of the molecule is CCC1CCC2(C)C(CC(C)C3(C)C2CCC2C4C(C)C(C)CCC4(C)CCC23C)C1(C)C. The lowest BCUT2D eigenvalue weighted by atomic mass is 9.29. The van der Waals surface area contributed by atoms with E-state index in [1.807, 2.05) is 0 Å². The second-order valence-corrected chi connectivity index (χ2v) is 16.2. The highest BCUT2D eigenvalue weighted by Crippen LogP contribution is 2.78. The van der Waals surface area contributed by atoms with Crippen molar-refractivity contribution in [3.8, 4) is 0 Å². The van der Waals surface area contributed by atoms with Crippen molar-refractivity contribution in [3.05, 3.63) is 0 Å². The molecule has 5 aliphatic rings. The highest BCUT2D eigenvalue weighted by molar-refractivity contribution is 5.19. The molecule has 5 rings (SSSR count). The number of fused-ring (bicyclic) bond motifs is 7. The Morgan fingerprint density at radius 3 is 2.09 bits per heavy atom. The zero-order valence-corrected chi connectivity index (χ0v) is 24.2. The summed E-state index contributed by atoms with van der Waals surface area (Å²) in [5, 5.41) is 0. The molecular weight excluding hydrogens is 396 g/mol. The first-order chi connectivity index (χ1) is 15.3. The van der Waals surface area contributed by atoms with E-state index in [2.05, 4.69) is 69.2 Å². The lowest BCUT2D eigenvalue weighted by Gasteiger charge is -2.75. The molecule has 12 unspecified atom stereocenters. The van der Waals surface area contributed by atoms with Crippen molar-refractivity contribution < 1.29 is 0 Å². The van der Waals surface area contributed by atoms with Crippen LogP contribution >= 0.6 is 0 Å². The Labute approximate surface area is 207 Å². The molecule has 0 radical (unpaired) electrons. The third-order valence-electron chi connectivity index (χ3n) is 15.3. The predicted molar refractivity (Wildman–Crippen MR) is 143 cm³/mol. The van der Waals surface area contributed by atoms with Crippen molar-refractivity contribution in [1.82, 2.24) is 0 Å². The number of hydrogen-bond donors (Lipinski definition) is 0. The molecule has 0 heterocycles. The Kier molecular flexibility index (Phi) is 5.62. The largest absolute Gasteiger partial charge is 0.0651 e. The number of hydrogen-bond acceptors (Lipinski definition) is 0. The molecule has 0 aliphatic heterocycles. The maximum atomic E-state index is 2.84. The molecule has 0 amide bonds. The third kappa shape index (κ3) is 2.94. The quantitative estimate of drug-likeness (QED) is 0.369. The molecule has 5 fully saturated rings. The van der Waals surface area contributed by atoms with Crippen molar-refractivity contribution in [2.75, 3.05) is 0 Å². The van der Waals surface area contributed by atoms with Crippen LogP contribution in [0.5, 0.6) is 0 Å². The second-order valence-electron chi connectivity index (χ2n) is 16.2. The van der Waals surface area contributed by atoms with Gasteiger partial charge in [-0.05, 0) is 132 Å². The Hall–Kier alpha value is 0. The normalized spacial score (nSPS) is 60.2. The fourth-order valence-electron chi connectivity index (χ4n) is 12.9. The van der Waals surface area contributed by atoms with Crippen LogP contribution in [-0.2, 0) is 0 Å². The number of rotatable bonds is 1. The summed E-state index contributed by atoms with van der Waals surface area (Å²) >= 11 is 0. The van der Waals surface area contributed by atoms with Crippen molar-refractivity contribution >= 4 is 0 Å². The molecular formula is C33H58. The lowest BCUT2D eigenvalue weighted by molar-refractivity contribution is -0.271. The summed E-state index contributed by atoms with van der Waals surface area (Å²) < 4.78 is 0. The molecule has 0 bridgehead atoms. The minimum absolute atomic E-state index is 0.507. The lowest BCUT2D eigenvalue weighted by Crippen LogP contribution is -2.69. The van der Waals surface area contributed by atoms with Crippen LogP contribution in [0.2, 0.25) is 0 Å². The van der Waals surface area contributed by atoms with Gasteiger partial charge < -0.3 is 0 Å². The maximum Gasteiger partial charge on any atom is -0.0210 e. The van der Waals surface area contributed by atoms with E-state index in [1.54, 1.807) is 0 Å². The summed E-state index contributed by atoms with van der Waals surface area (Å²) in [4.78, 5) is 0. The summed E-state index contributed by atoms with van der Waals surface area (Å²) in [7, 11) is 0. The molecule has 0 aromatic rings. The van der Waals surface area contributed by atoms with Crippen molar-refractivity contribution in [1.29, 1.82) is 0 Å². The van der Waals surface area contributed by atoms with E-state index in [4.69, 9.17) is 0 Å². The van der Waals surface area contributed by atoms with Gasteiger partial charge in [-0.1, -0.05) is 75.7 Å². The van der Waals surface area contributed by atoms with Crippen LogP contribution in [0.25, 0.3) is 0 Å². The predicted octanol–water partition coefficient (Wildman–Crippen LogP) is 10.0. The van der Waals surface area contributed by atoms with E-state index in [-0.39, 0.29) is 0 Å².